The van der Waals surface area contributed by atoms with Gasteiger partial charge >= 0.3 is 6.03 Å². The molecule has 0 aliphatic heterocycles. The first-order valence-corrected chi connectivity index (χ1v) is 2.81. The van der Waals surface area contributed by atoms with E-state index in [0.717, 1.165) is 4.90 Å². The predicted octanol–water partition coefficient (Wildman–Crippen LogP) is 0.704. The van der Waals surface area contributed by atoms with Gasteiger partial charge in [0, 0.05) is 17.3 Å². The highest BCUT2D eigenvalue weighted by Crippen LogP contribution is 2.03. The third-order valence-electron chi connectivity index (χ3n) is 0.932. The average Bonchev–Trinajstić information content (AvgIpc) is 2.14. The van der Waals surface area contributed by atoms with E-state index >= 15 is 0 Å². The fourth-order valence-corrected chi connectivity index (χ4v) is 0.713. The quantitative estimate of drug-likeness (QED) is 0.515. The molecule has 0 fully saturated rings. The van der Waals surface area contributed by atoms with Crippen molar-refractivity contribution in [3.63, 3.8) is 0 Å². The number of amides is 1. The molecule has 1 aromatic heterocycles. The number of nitrogens with zero attached hydrogens (tertiary/aromatic N) is 1. The molecule has 1 amide bonds. The van der Waals surface area contributed by atoms with Gasteiger partial charge in [-0.15, -0.1) is 12.6 Å². The van der Waals surface area contributed by atoms with Crippen LogP contribution in [0.3, 0.4) is 0 Å². The number of rotatable bonds is 0. The lowest BCUT2D eigenvalue weighted by Crippen LogP contribution is -2.17. The van der Waals surface area contributed by atoms with Crippen LogP contribution in [0, 0.1) is 0 Å². The summed E-state index contributed by atoms with van der Waals surface area (Å²) < 4.78 is 1.27. The topological polar surface area (TPSA) is 48.0 Å². The van der Waals surface area contributed by atoms with Gasteiger partial charge in [-0.3, -0.25) is 4.57 Å². The minimum atomic E-state index is -0.490. The Balaban J connectivity index is 2.98. The molecule has 0 bridgehead atoms. The first kappa shape index (κ1) is 6.22. The van der Waals surface area contributed by atoms with Crippen LogP contribution in [0.5, 0.6) is 0 Å². The Morgan fingerprint density at radius 1 is 1.78 bits per heavy atom. The number of nitrogens with two attached hydrogens (primary N) is 1. The lowest BCUT2D eigenvalue weighted by Gasteiger charge is -1.89. The Morgan fingerprint density at radius 2 is 2.44 bits per heavy atom. The van der Waals surface area contributed by atoms with Crippen molar-refractivity contribution in [1.82, 2.24) is 4.57 Å². The van der Waals surface area contributed by atoms with Crippen LogP contribution < -0.4 is 5.73 Å². The summed E-state index contributed by atoms with van der Waals surface area (Å²) >= 11 is 3.97. The molecular weight excluding hydrogens is 136 g/mol. The second kappa shape index (κ2) is 2.14. The van der Waals surface area contributed by atoms with Gasteiger partial charge in [0.05, 0.1) is 0 Å². The van der Waals surface area contributed by atoms with Crippen molar-refractivity contribution in [1.29, 1.82) is 0 Å². The van der Waals surface area contributed by atoms with Crippen LogP contribution in [0.25, 0.3) is 0 Å². The summed E-state index contributed by atoms with van der Waals surface area (Å²) in [5.41, 5.74) is 4.92. The maximum Gasteiger partial charge on any atom is 0.322 e. The molecule has 3 nitrogen and oxygen atoms in total. The van der Waals surface area contributed by atoms with Gasteiger partial charge in [0.15, 0.2) is 0 Å². The maximum atomic E-state index is 10.4. The van der Waals surface area contributed by atoms with Crippen molar-refractivity contribution >= 4 is 18.7 Å². The van der Waals surface area contributed by atoms with E-state index in [-0.39, 0.29) is 0 Å². The second-order valence-electron chi connectivity index (χ2n) is 1.62. The summed E-state index contributed by atoms with van der Waals surface area (Å²) in [4.78, 5) is 11.1. The van der Waals surface area contributed by atoms with E-state index < -0.39 is 6.03 Å². The lowest BCUT2D eigenvalue weighted by molar-refractivity contribution is 0.250. The molecule has 48 valence electrons. The number of carbonyl (C=O) groups is 1. The molecule has 0 atom stereocenters. The molecule has 4 heteroatoms. The molecule has 0 saturated carbocycles. The number of aromatic nitrogens is 1. The van der Waals surface area contributed by atoms with Crippen LogP contribution in [0.4, 0.5) is 4.79 Å². The number of hydrogen-bond acceptors (Lipinski definition) is 2. The Hall–Kier alpha value is -0.900. The molecule has 0 aromatic carbocycles. The van der Waals surface area contributed by atoms with E-state index in [1.54, 1.807) is 18.5 Å². The molecule has 1 aromatic rings. The first-order valence-electron chi connectivity index (χ1n) is 2.37. The van der Waals surface area contributed by atoms with Gasteiger partial charge in [-0.25, -0.2) is 4.79 Å². The van der Waals surface area contributed by atoms with Gasteiger partial charge in [-0.2, -0.15) is 0 Å². The third-order valence-corrected chi connectivity index (χ3v) is 1.20. The van der Waals surface area contributed by atoms with Crippen molar-refractivity contribution < 1.29 is 4.79 Å². The third kappa shape index (κ3) is 1.26. The molecule has 0 aliphatic rings. The highest BCUT2D eigenvalue weighted by Gasteiger charge is 1.95. The number of hydrogen-bond donors (Lipinski definition) is 2. The predicted molar refractivity (Wildman–Crippen MR) is 36.7 cm³/mol. The molecule has 0 aliphatic carbocycles. The van der Waals surface area contributed by atoms with E-state index in [0.29, 0.717) is 0 Å². The van der Waals surface area contributed by atoms with Crippen LogP contribution in [-0.2, 0) is 0 Å². The van der Waals surface area contributed by atoms with Crippen molar-refractivity contribution in [3.8, 4) is 0 Å². The van der Waals surface area contributed by atoms with Gasteiger partial charge in [-0.1, -0.05) is 0 Å². The summed E-state index contributed by atoms with van der Waals surface area (Å²) in [7, 11) is 0. The summed E-state index contributed by atoms with van der Waals surface area (Å²) in [6, 6.07) is 1.20. The zero-order valence-electron chi connectivity index (χ0n) is 4.61. The minimum absolute atomic E-state index is 0.490. The van der Waals surface area contributed by atoms with E-state index in [4.69, 9.17) is 5.73 Å². The minimum Gasteiger partial charge on any atom is -0.351 e. The highest BCUT2D eigenvalue weighted by molar-refractivity contribution is 7.80. The van der Waals surface area contributed by atoms with Crippen LogP contribution in [0.1, 0.15) is 0 Å². The van der Waals surface area contributed by atoms with Crippen LogP contribution in [-0.4, -0.2) is 10.6 Å². The van der Waals surface area contributed by atoms with Crippen molar-refractivity contribution in [2.45, 2.75) is 4.90 Å². The molecule has 0 saturated heterocycles. The van der Waals surface area contributed by atoms with Crippen LogP contribution >= 0.6 is 12.6 Å². The fourth-order valence-electron chi connectivity index (χ4n) is 0.522. The Labute approximate surface area is 57.9 Å². The number of primary amides is 1. The van der Waals surface area contributed by atoms with Crippen LogP contribution in [0.2, 0.25) is 0 Å². The van der Waals surface area contributed by atoms with E-state index in [1.165, 1.54) is 4.57 Å². The molecular formula is C5H6N2OS. The largest absolute Gasteiger partial charge is 0.351 e. The van der Waals surface area contributed by atoms with Gasteiger partial charge in [0.25, 0.3) is 0 Å². The normalized spacial score (nSPS) is 9.44. The fraction of sp³-hybridized carbons (Fsp3) is 0. The average molecular weight is 142 g/mol. The Morgan fingerprint density at radius 3 is 2.67 bits per heavy atom. The summed E-state index contributed by atoms with van der Waals surface area (Å²) in [5.74, 6) is 0. The number of thiol groups is 1. The molecule has 9 heavy (non-hydrogen) atoms. The monoisotopic (exact) mass is 142 g/mol. The SMILES string of the molecule is NC(=O)n1ccc(S)c1. The first-order chi connectivity index (χ1) is 4.20. The summed E-state index contributed by atoms with van der Waals surface area (Å²) in [5, 5.41) is 0. The molecule has 1 rings (SSSR count). The zero-order valence-corrected chi connectivity index (χ0v) is 5.51. The molecule has 0 spiro atoms. The lowest BCUT2D eigenvalue weighted by atomic mass is 10.7. The molecule has 0 radical (unpaired) electrons. The molecule has 0 unspecified atom stereocenters. The molecule has 2 N–H and O–H groups in total. The van der Waals surface area contributed by atoms with Crippen molar-refractivity contribution in [2.75, 3.05) is 0 Å². The Kier molecular flexibility index (Phi) is 1.48. The second-order valence-corrected chi connectivity index (χ2v) is 2.13. The maximum absolute atomic E-state index is 10.4. The standard InChI is InChI=1S/C5H6N2OS/c6-5(8)7-2-1-4(9)3-7/h1-3,9H,(H2,6,8). The van der Waals surface area contributed by atoms with Gasteiger partial charge in [-0.05, 0) is 6.07 Å². The summed E-state index contributed by atoms with van der Waals surface area (Å²) in [6.45, 7) is 0. The zero-order chi connectivity index (χ0) is 6.85. The smallest absolute Gasteiger partial charge is 0.322 e. The van der Waals surface area contributed by atoms with Gasteiger partial charge in [0.2, 0.25) is 0 Å². The van der Waals surface area contributed by atoms with Crippen molar-refractivity contribution in [3.05, 3.63) is 18.5 Å². The van der Waals surface area contributed by atoms with Crippen molar-refractivity contribution in [2.24, 2.45) is 5.73 Å². The van der Waals surface area contributed by atoms with E-state index in [9.17, 15) is 4.79 Å². The van der Waals surface area contributed by atoms with Gasteiger partial charge in [0.1, 0.15) is 0 Å². The van der Waals surface area contributed by atoms with Gasteiger partial charge < -0.3 is 5.73 Å². The molecule has 1 heterocycles. The summed E-state index contributed by atoms with van der Waals surface area (Å²) in [6.07, 6.45) is 3.11. The van der Waals surface area contributed by atoms with E-state index in [1.807, 2.05) is 0 Å². The highest BCUT2D eigenvalue weighted by atomic mass is 32.1. The van der Waals surface area contributed by atoms with E-state index in [2.05, 4.69) is 12.6 Å². The Bertz CT molecular complexity index is 231. The number of carbonyl (C=O) groups excluding carboxylic acids is 1. The van der Waals surface area contributed by atoms with Crippen LogP contribution in [0.15, 0.2) is 23.4 Å².